The molecular weight excluding hydrogens is 180 g/mol. The van der Waals surface area contributed by atoms with Crippen molar-refractivity contribution in [2.24, 2.45) is 0 Å². The Balaban J connectivity index is 2.82. The van der Waals surface area contributed by atoms with Gasteiger partial charge in [-0.3, -0.25) is 0 Å². The van der Waals surface area contributed by atoms with Gasteiger partial charge in [-0.15, -0.1) is 0 Å². The van der Waals surface area contributed by atoms with E-state index >= 15 is 0 Å². The standard InChI is InChI=1S/C9H16N4O/c1-12(2)9-10-5-4-8(11-9)13(3)6-7-14/h4-5,14H,6-7H2,1-3H3. The first-order valence-electron chi connectivity index (χ1n) is 4.47. The van der Waals surface area contributed by atoms with Gasteiger partial charge >= 0.3 is 0 Å². The maximum Gasteiger partial charge on any atom is 0.226 e. The summed E-state index contributed by atoms with van der Waals surface area (Å²) in [6.07, 6.45) is 1.71. The van der Waals surface area contributed by atoms with Gasteiger partial charge in [-0.2, -0.15) is 4.98 Å². The Morgan fingerprint density at radius 3 is 2.64 bits per heavy atom. The summed E-state index contributed by atoms with van der Waals surface area (Å²) < 4.78 is 0. The second kappa shape index (κ2) is 4.76. The molecule has 0 aliphatic heterocycles. The first-order chi connectivity index (χ1) is 6.65. The zero-order chi connectivity index (χ0) is 10.6. The fourth-order valence-electron chi connectivity index (χ4n) is 1.03. The summed E-state index contributed by atoms with van der Waals surface area (Å²) in [6.45, 7) is 0.696. The number of aliphatic hydroxyl groups excluding tert-OH is 1. The molecule has 0 saturated heterocycles. The molecule has 1 N–H and O–H groups in total. The molecule has 5 heteroatoms. The third-order valence-electron chi connectivity index (χ3n) is 1.85. The quantitative estimate of drug-likeness (QED) is 0.733. The van der Waals surface area contributed by atoms with Crippen molar-refractivity contribution in [3.63, 3.8) is 0 Å². The lowest BCUT2D eigenvalue weighted by atomic mass is 10.5. The number of aliphatic hydroxyl groups is 1. The van der Waals surface area contributed by atoms with Gasteiger partial charge in [0.25, 0.3) is 0 Å². The Kier molecular flexibility index (Phi) is 3.64. The van der Waals surface area contributed by atoms with E-state index in [1.165, 1.54) is 0 Å². The lowest BCUT2D eigenvalue weighted by molar-refractivity contribution is 0.304. The highest BCUT2D eigenvalue weighted by molar-refractivity contribution is 5.42. The van der Waals surface area contributed by atoms with E-state index in [1.807, 2.05) is 37.0 Å². The fourth-order valence-corrected chi connectivity index (χ4v) is 1.03. The molecular formula is C9H16N4O. The smallest absolute Gasteiger partial charge is 0.226 e. The van der Waals surface area contributed by atoms with E-state index in [2.05, 4.69) is 9.97 Å². The minimum atomic E-state index is 0.123. The first-order valence-corrected chi connectivity index (χ1v) is 4.47. The molecule has 1 aromatic heterocycles. The Bertz CT molecular complexity index is 290. The van der Waals surface area contributed by atoms with Crippen molar-refractivity contribution < 1.29 is 5.11 Å². The van der Waals surface area contributed by atoms with Crippen molar-refractivity contribution in [3.8, 4) is 0 Å². The highest BCUT2D eigenvalue weighted by Crippen LogP contribution is 2.11. The number of hydrogen-bond donors (Lipinski definition) is 1. The lowest BCUT2D eigenvalue weighted by Crippen LogP contribution is -2.23. The van der Waals surface area contributed by atoms with Crippen LogP contribution in [0.5, 0.6) is 0 Å². The third-order valence-corrected chi connectivity index (χ3v) is 1.85. The molecule has 1 aromatic rings. The Hall–Kier alpha value is -1.36. The van der Waals surface area contributed by atoms with Gasteiger partial charge in [-0.25, -0.2) is 4.98 Å². The molecule has 0 bridgehead atoms. The van der Waals surface area contributed by atoms with Gasteiger partial charge in [-0.05, 0) is 6.07 Å². The van der Waals surface area contributed by atoms with Crippen molar-refractivity contribution in [2.45, 2.75) is 0 Å². The molecule has 0 fully saturated rings. The summed E-state index contributed by atoms with van der Waals surface area (Å²) >= 11 is 0. The molecule has 1 rings (SSSR count). The van der Waals surface area contributed by atoms with E-state index in [9.17, 15) is 0 Å². The minimum Gasteiger partial charge on any atom is -0.395 e. The third kappa shape index (κ3) is 2.56. The van der Waals surface area contributed by atoms with Crippen LogP contribution >= 0.6 is 0 Å². The number of rotatable bonds is 4. The Morgan fingerprint density at radius 1 is 1.36 bits per heavy atom. The lowest BCUT2D eigenvalue weighted by Gasteiger charge is -2.18. The molecule has 0 spiro atoms. The molecule has 14 heavy (non-hydrogen) atoms. The molecule has 78 valence electrons. The van der Waals surface area contributed by atoms with Crippen molar-refractivity contribution >= 4 is 11.8 Å². The van der Waals surface area contributed by atoms with E-state index in [0.717, 1.165) is 5.82 Å². The highest BCUT2D eigenvalue weighted by atomic mass is 16.3. The zero-order valence-corrected chi connectivity index (χ0v) is 8.80. The molecule has 1 heterocycles. The summed E-state index contributed by atoms with van der Waals surface area (Å²) in [5.74, 6) is 1.49. The van der Waals surface area contributed by atoms with Gasteiger partial charge in [0.15, 0.2) is 0 Å². The topological polar surface area (TPSA) is 52.5 Å². The van der Waals surface area contributed by atoms with Crippen molar-refractivity contribution in [3.05, 3.63) is 12.3 Å². The second-order valence-electron chi connectivity index (χ2n) is 3.25. The van der Waals surface area contributed by atoms with Gasteiger partial charge in [0.2, 0.25) is 5.95 Å². The normalized spacial score (nSPS) is 10.0. The van der Waals surface area contributed by atoms with E-state index in [0.29, 0.717) is 12.5 Å². The van der Waals surface area contributed by atoms with E-state index < -0.39 is 0 Å². The Morgan fingerprint density at radius 2 is 2.07 bits per heavy atom. The molecule has 0 unspecified atom stereocenters. The van der Waals surface area contributed by atoms with Crippen LogP contribution in [0.25, 0.3) is 0 Å². The van der Waals surface area contributed by atoms with Gasteiger partial charge in [0.1, 0.15) is 5.82 Å². The van der Waals surface area contributed by atoms with Crippen molar-refractivity contribution in [1.29, 1.82) is 0 Å². The van der Waals surface area contributed by atoms with Crippen LogP contribution in [0.2, 0.25) is 0 Å². The Labute approximate surface area is 84.0 Å². The second-order valence-corrected chi connectivity index (χ2v) is 3.25. The van der Waals surface area contributed by atoms with Crippen LogP contribution in [0.15, 0.2) is 12.3 Å². The first kappa shape index (κ1) is 10.7. The van der Waals surface area contributed by atoms with Crippen LogP contribution in [-0.4, -0.2) is 49.4 Å². The number of likely N-dealkylation sites (N-methyl/N-ethyl adjacent to an activating group) is 1. The minimum absolute atomic E-state index is 0.123. The summed E-state index contributed by atoms with van der Waals surface area (Å²) in [7, 11) is 5.67. The van der Waals surface area contributed by atoms with E-state index in [-0.39, 0.29) is 6.61 Å². The fraction of sp³-hybridized carbons (Fsp3) is 0.556. The van der Waals surface area contributed by atoms with E-state index in [4.69, 9.17) is 5.11 Å². The van der Waals surface area contributed by atoms with Gasteiger partial charge < -0.3 is 14.9 Å². The molecule has 0 aliphatic rings. The average molecular weight is 196 g/mol. The van der Waals surface area contributed by atoms with Gasteiger partial charge in [0, 0.05) is 33.9 Å². The molecule has 5 nitrogen and oxygen atoms in total. The van der Waals surface area contributed by atoms with Crippen LogP contribution in [0, 0.1) is 0 Å². The molecule has 0 aromatic carbocycles. The van der Waals surface area contributed by atoms with E-state index in [1.54, 1.807) is 6.20 Å². The SMILES string of the molecule is CN(C)c1nccc(N(C)CCO)n1. The van der Waals surface area contributed by atoms with Gasteiger partial charge in [0.05, 0.1) is 6.61 Å². The number of aromatic nitrogens is 2. The molecule has 0 radical (unpaired) electrons. The summed E-state index contributed by atoms with van der Waals surface area (Å²) in [4.78, 5) is 12.2. The van der Waals surface area contributed by atoms with Crippen LogP contribution in [0.1, 0.15) is 0 Å². The molecule has 0 saturated carbocycles. The van der Waals surface area contributed by atoms with Crippen LogP contribution in [0.4, 0.5) is 11.8 Å². The van der Waals surface area contributed by atoms with Crippen LogP contribution in [0.3, 0.4) is 0 Å². The largest absolute Gasteiger partial charge is 0.395 e. The van der Waals surface area contributed by atoms with Gasteiger partial charge in [-0.1, -0.05) is 0 Å². The molecule has 0 aliphatic carbocycles. The zero-order valence-electron chi connectivity index (χ0n) is 8.80. The average Bonchev–Trinajstić information content (AvgIpc) is 2.18. The molecule has 0 atom stereocenters. The summed E-state index contributed by atoms with van der Waals surface area (Å²) in [5, 5.41) is 8.78. The number of hydrogen-bond acceptors (Lipinski definition) is 5. The molecule has 0 amide bonds. The predicted octanol–water partition coefficient (Wildman–Crippen LogP) is -0.0289. The van der Waals surface area contributed by atoms with Crippen molar-refractivity contribution in [2.75, 3.05) is 44.1 Å². The number of nitrogens with zero attached hydrogens (tertiary/aromatic N) is 4. The monoisotopic (exact) mass is 196 g/mol. The van der Waals surface area contributed by atoms with Crippen molar-refractivity contribution in [1.82, 2.24) is 9.97 Å². The summed E-state index contributed by atoms with van der Waals surface area (Å²) in [5.41, 5.74) is 0. The maximum atomic E-state index is 8.78. The predicted molar refractivity (Wildman–Crippen MR) is 56.7 cm³/mol. The maximum absolute atomic E-state index is 8.78. The summed E-state index contributed by atoms with van der Waals surface area (Å²) in [6, 6.07) is 1.82. The van der Waals surface area contributed by atoms with Crippen LogP contribution < -0.4 is 9.80 Å². The highest BCUT2D eigenvalue weighted by Gasteiger charge is 2.04. The van der Waals surface area contributed by atoms with Crippen LogP contribution in [-0.2, 0) is 0 Å². The number of anilines is 2.